The van der Waals surface area contributed by atoms with Crippen molar-refractivity contribution in [3.05, 3.63) is 26.3 Å². The molecule has 19 heavy (non-hydrogen) atoms. The molecule has 0 spiro atoms. The average molecular weight is 370 g/mol. The fraction of sp³-hybridized carbons (Fsp3) is 0.357. The molecule has 0 bridgehead atoms. The molecule has 0 unspecified atom stereocenters. The van der Waals surface area contributed by atoms with Crippen LogP contribution in [0.3, 0.4) is 0 Å². The van der Waals surface area contributed by atoms with E-state index >= 15 is 0 Å². The SMILES string of the molecule is CC#N.CCOc1c(C(C)=O)cc(C)c(C#N)c1I. The number of nitrogens with zero attached hydrogens (tertiary/aromatic N) is 2. The van der Waals surface area contributed by atoms with E-state index < -0.39 is 0 Å². The van der Waals surface area contributed by atoms with Gasteiger partial charge in [0, 0.05) is 6.92 Å². The first-order chi connectivity index (χ1) is 8.94. The summed E-state index contributed by atoms with van der Waals surface area (Å²) in [6.45, 7) is 7.08. The number of Topliss-reactive ketones (excluding diaryl/α,β-unsaturated/α-hetero) is 1. The van der Waals surface area contributed by atoms with Crippen molar-refractivity contribution < 1.29 is 9.53 Å². The third-order valence-electron chi connectivity index (χ3n) is 2.20. The summed E-state index contributed by atoms with van der Waals surface area (Å²) in [6.07, 6.45) is 0. The van der Waals surface area contributed by atoms with Gasteiger partial charge in [-0.3, -0.25) is 4.79 Å². The zero-order valence-corrected chi connectivity index (χ0v) is 13.5. The molecular weight excluding hydrogens is 355 g/mol. The molecule has 0 radical (unpaired) electrons. The Hall–Kier alpha value is -1.60. The maximum Gasteiger partial charge on any atom is 0.163 e. The van der Waals surface area contributed by atoms with Crippen LogP contribution in [0.1, 0.15) is 42.3 Å². The molecule has 0 heterocycles. The molecule has 4 nitrogen and oxygen atoms in total. The number of aryl methyl sites for hydroxylation is 1. The second kappa shape index (κ2) is 8.49. The van der Waals surface area contributed by atoms with E-state index in [1.54, 1.807) is 12.1 Å². The predicted octanol–water partition coefficient (Wildman–Crippen LogP) is 3.60. The van der Waals surface area contributed by atoms with Crippen LogP contribution in [0, 0.1) is 33.2 Å². The molecule has 0 aliphatic heterocycles. The van der Waals surface area contributed by atoms with Crippen LogP contribution in [0.5, 0.6) is 5.75 Å². The Morgan fingerprint density at radius 2 is 2.00 bits per heavy atom. The molecule has 0 saturated carbocycles. The highest BCUT2D eigenvalue weighted by Gasteiger charge is 2.17. The number of ketones is 1. The van der Waals surface area contributed by atoms with Crippen molar-refractivity contribution in [2.24, 2.45) is 0 Å². The molecule has 100 valence electrons. The van der Waals surface area contributed by atoms with Gasteiger partial charge in [0.05, 0.1) is 27.4 Å². The lowest BCUT2D eigenvalue weighted by molar-refractivity contribution is 0.101. The molecule has 1 aromatic rings. The number of carbonyl (C=O) groups is 1. The summed E-state index contributed by atoms with van der Waals surface area (Å²) in [5, 5.41) is 16.3. The Bertz CT molecular complexity index is 554. The summed E-state index contributed by atoms with van der Waals surface area (Å²) in [6, 6.07) is 5.60. The summed E-state index contributed by atoms with van der Waals surface area (Å²) in [4.78, 5) is 11.5. The highest BCUT2D eigenvalue weighted by Crippen LogP contribution is 2.31. The van der Waals surface area contributed by atoms with E-state index in [0.717, 1.165) is 5.56 Å². The summed E-state index contributed by atoms with van der Waals surface area (Å²) in [5.41, 5.74) is 1.93. The molecule has 0 aliphatic carbocycles. The number of hydrogen-bond donors (Lipinski definition) is 0. The Morgan fingerprint density at radius 1 is 1.47 bits per heavy atom. The lowest BCUT2D eigenvalue weighted by Crippen LogP contribution is -2.05. The first-order valence-electron chi connectivity index (χ1n) is 5.62. The van der Waals surface area contributed by atoms with E-state index in [1.165, 1.54) is 13.8 Å². The number of halogens is 1. The predicted molar refractivity (Wildman–Crippen MR) is 81.1 cm³/mol. The average Bonchev–Trinajstić information content (AvgIpc) is 2.34. The molecule has 0 aromatic heterocycles. The maximum atomic E-state index is 11.5. The number of nitriles is 2. The van der Waals surface area contributed by atoms with Crippen LogP contribution in [0.2, 0.25) is 0 Å². The molecule has 0 amide bonds. The van der Waals surface area contributed by atoms with Crippen molar-refractivity contribution >= 4 is 28.4 Å². The first-order valence-corrected chi connectivity index (χ1v) is 6.70. The minimum atomic E-state index is -0.0473. The molecular formula is C14H15IN2O2. The fourth-order valence-electron chi connectivity index (χ4n) is 1.44. The molecule has 0 aliphatic rings. The smallest absolute Gasteiger partial charge is 0.163 e. The summed E-state index contributed by atoms with van der Waals surface area (Å²) in [7, 11) is 0. The van der Waals surface area contributed by atoms with Crippen LogP contribution in [0.4, 0.5) is 0 Å². The van der Waals surface area contributed by atoms with Gasteiger partial charge < -0.3 is 4.74 Å². The van der Waals surface area contributed by atoms with E-state index in [2.05, 4.69) is 6.07 Å². The quantitative estimate of drug-likeness (QED) is 0.602. The zero-order valence-electron chi connectivity index (χ0n) is 11.4. The first kappa shape index (κ1) is 17.4. The van der Waals surface area contributed by atoms with Gasteiger partial charge in [-0.25, -0.2) is 0 Å². The molecule has 1 aromatic carbocycles. The Balaban J connectivity index is 0.000000982. The van der Waals surface area contributed by atoms with Crippen LogP contribution in [0.15, 0.2) is 6.07 Å². The van der Waals surface area contributed by atoms with Crippen molar-refractivity contribution in [2.45, 2.75) is 27.7 Å². The van der Waals surface area contributed by atoms with Crippen LogP contribution < -0.4 is 4.74 Å². The van der Waals surface area contributed by atoms with Gasteiger partial charge in [-0.05, 0) is 55.0 Å². The minimum absolute atomic E-state index is 0.0473. The van der Waals surface area contributed by atoms with Gasteiger partial charge in [0.1, 0.15) is 11.8 Å². The van der Waals surface area contributed by atoms with Crippen LogP contribution >= 0.6 is 22.6 Å². The van der Waals surface area contributed by atoms with Gasteiger partial charge in [-0.15, -0.1) is 0 Å². The Labute approximate surface area is 127 Å². The third kappa shape index (κ3) is 4.53. The van der Waals surface area contributed by atoms with Gasteiger partial charge >= 0.3 is 0 Å². The second-order valence-corrected chi connectivity index (χ2v) is 4.66. The van der Waals surface area contributed by atoms with Gasteiger partial charge in [0.15, 0.2) is 5.78 Å². The summed E-state index contributed by atoms with van der Waals surface area (Å²) >= 11 is 2.05. The van der Waals surface area contributed by atoms with Crippen LogP contribution in [-0.4, -0.2) is 12.4 Å². The van der Waals surface area contributed by atoms with E-state index in [9.17, 15) is 4.79 Å². The van der Waals surface area contributed by atoms with E-state index in [1.807, 2.05) is 36.4 Å². The number of hydrogen-bond acceptors (Lipinski definition) is 4. The van der Waals surface area contributed by atoms with E-state index in [0.29, 0.717) is 27.1 Å². The molecule has 0 saturated heterocycles. The number of rotatable bonds is 3. The lowest BCUT2D eigenvalue weighted by Gasteiger charge is -2.13. The van der Waals surface area contributed by atoms with Gasteiger partial charge in [0.2, 0.25) is 0 Å². The largest absolute Gasteiger partial charge is 0.492 e. The van der Waals surface area contributed by atoms with Crippen molar-refractivity contribution in [2.75, 3.05) is 6.61 Å². The molecule has 1 rings (SSSR count). The minimum Gasteiger partial charge on any atom is -0.492 e. The van der Waals surface area contributed by atoms with Crippen molar-refractivity contribution in [1.82, 2.24) is 0 Å². The standard InChI is InChI=1S/C12H12INO2.C2H3N/c1-4-16-12-9(8(3)15)5-7(2)10(6-14)11(12)13;1-2-3/h5H,4H2,1-3H3;1H3. The van der Waals surface area contributed by atoms with Gasteiger partial charge in [-0.2, -0.15) is 10.5 Å². The molecule has 0 N–H and O–H groups in total. The lowest BCUT2D eigenvalue weighted by atomic mass is 10.0. The highest BCUT2D eigenvalue weighted by molar-refractivity contribution is 14.1. The van der Waals surface area contributed by atoms with Crippen molar-refractivity contribution in [3.8, 4) is 17.9 Å². The maximum absolute atomic E-state index is 11.5. The normalized spacial score (nSPS) is 8.58. The summed E-state index contributed by atoms with van der Waals surface area (Å²) < 4.78 is 6.16. The van der Waals surface area contributed by atoms with Crippen LogP contribution in [0.25, 0.3) is 0 Å². The zero-order chi connectivity index (χ0) is 15.0. The highest BCUT2D eigenvalue weighted by atomic mass is 127. The number of benzene rings is 1. The summed E-state index contributed by atoms with van der Waals surface area (Å²) in [5.74, 6) is 0.478. The molecule has 0 fully saturated rings. The van der Waals surface area contributed by atoms with Gasteiger partial charge in [0.25, 0.3) is 0 Å². The van der Waals surface area contributed by atoms with Gasteiger partial charge in [-0.1, -0.05) is 0 Å². The molecule has 5 heteroatoms. The van der Waals surface area contributed by atoms with E-state index in [-0.39, 0.29) is 5.78 Å². The third-order valence-corrected chi connectivity index (χ3v) is 3.23. The Morgan fingerprint density at radius 3 is 2.37 bits per heavy atom. The van der Waals surface area contributed by atoms with E-state index in [4.69, 9.17) is 15.3 Å². The molecule has 0 atom stereocenters. The van der Waals surface area contributed by atoms with Crippen molar-refractivity contribution in [3.63, 3.8) is 0 Å². The number of carbonyl (C=O) groups excluding carboxylic acids is 1. The second-order valence-electron chi connectivity index (χ2n) is 3.58. The van der Waals surface area contributed by atoms with Crippen molar-refractivity contribution in [1.29, 1.82) is 10.5 Å². The number of ether oxygens (including phenoxy) is 1. The monoisotopic (exact) mass is 370 g/mol. The fourth-order valence-corrected chi connectivity index (χ4v) is 2.44. The Kier molecular flexibility index (Phi) is 7.78. The van der Waals surface area contributed by atoms with Crippen LogP contribution in [-0.2, 0) is 0 Å². The topological polar surface area (TPSA) is 73.9 Å².